The Morgan fingerprint density at radius 3 is 2.07 bits per heavy atom. The fraction of sp³-hybridized carbons (Fsp3) is 0.538. The quantitative estimate of drug-likeness (QED) is 0.688. The number of benzene rings is 1. The third-order valence-electron chi connectivity index (χ3n) is 2.64. The third-order valence-corrected chi connectivity index (χ3v) is 2.64. The predicted molar refractivity (Wildman–Crippen MR) is 64.1 cm³/mol. The standard InChI is InChI=1S/C13H21NO/c1-5-14(6-2)13(3,4)15-12-10-8-7-9-11-12/h7-11H,5-6H2,1-4H3. The lowest BCUT2D eigenvalue weighted by Gasteiger charge is -2.37. The van der Waals surface area contributed by atoms with Gasteiger partial charge in [-0.05, 0) is 39.1 Å². The summed E-state index contributed by atoms with van der Waals surface area (Å²) in [7, 11) is 0. The fourth-order valence-electron chi connectivity index (χ4n) is 1.83. The summed E-state index contributed by atoms with van der Waals surface area (Å²) in [6.45, 7) is 10.5. The maximum Gasteiger partial charge on any atom is 0.157 e. The fourth-order valence-corrected chi connectivity index (χ4v) is 1.83. The van der Waals surface area contributed by atoms with Gasteiger partial charge in [-0.15, -0.1) is 0 Å². The highest BCUT2D eigenvalue weighted by Crippen LogP contribution is 2.20. The molecule has 0 saturated heterocycles. The van der Waals surface area contributed by atoms with Crippen LogP contribution in [-0.4, -0.2) is 23.7 Å². The molecule has 2 nitrogen and oxygen atoms in total. The minimum Gasteiger partial charge on any atom is -0.473 e. The summed E-state index contributed by atoms with van der Waals surface area (Å²) in [5, 5.41) is 0. The van der Waals surface area contributed by atoms with Crippen molar-refractivity contribution in [1.82, 2.24) is 4.90 Å². The van der Waals surface area contributed by atoms with Gasteiger partial charge in [-0.1, -0.05) is 32.0 Å². The molecule has 0 heterocycles. The summed E-state index contributed by atoms with van der Waals surface area (Å²) < 4.78 is 5.97. The van der Waals surface area contributed by atoms with Crippen LogP contribution in [0.15, 0.2) is 30.3 Å². The summed E-state index contributed by atoms with van der Waals surface area (Å²) >= 11 is 0. The molecule has 1 aromatic carbocycles. The molecule has 0 aliphatic carbocycles. The van der Waals surface area contributed by atoms with Gasteiger partial charge in [-0.3, -0.25) is 4.90 Å². The minimum absolute atomic E-state index is 0.245. The van der Waals surface area contributed by atoms with Crippen molar-refractivity contribution in [3.63, 3.8) is 0 Å². The van der Waals surface area contributed by atoms with Crippen molar-refractivity contribution in [1.29, 1.82) is 0 Å². The predicted octanol–water partition coefficient (Wildman–Crippen LogP) is 3.14. The second-order valence-electron chi connectivity index (χ2n) is 4.03. The SMILES string of the molecule is CCN(CC)C(C)(C)Oc1ccccc1. The largest absolute Gasteiger partial charge is 0.473 e. The van der Waals surface area contributed by atoms with E-state index in [0.717, 1.165) is 18.8 Å². The van der Waals surface area contributed by atoms with Gasteiger partial charge in [0.25, 0.3) is 0 Å². The van der Waals surface area contributed by atoms with Gasteiger partial charge in [0.15, 0.2) is 5.72 Å². The van der Waals surface area contributed by atoms with Crippen molar-refractivity contribution >= 4 is 0 Å². The van der Waals surface area contributed by atoms with Crippen LogP contribution in [0.2, 0.25) is 0 Å². The zero-order valence-electron chi connectivity index (χ0n) is 10.2. The highest BCUT2D eigenvalue weighted by atomic mass is 16.5. The van der Waals surface area contributed by atoms with Gasteiger partial charge >= 0.3 is 0 Å². The Hall–Kier alpha value is -1.02. The van der Waals surface area contributed by atoms with Crippen LogP contribution in [0.4, 0.5) is 0 Å². The second kappa shape index (κ2) is 5.17. The average Bonchev–Trinajstić information content (AvgIpc) is 2.19. The van der Waals surface area contributed by atoms with E-state index in [-0.39, 0.29) is 5.72 Å². The van der Waals surface area contributed by atoms with E-state index in [1.54, 1.807) is 0 Å². The normalized spacial score (nSPS) is 11.8. The van der Waals surface area contributed by atoms with E-state index in [2.05, 4.69) is 32.6 Å². The molecule has 0 atom stereocenters. The van der Waals surface area contributed by atoms with Crippen LogP contribution in [0.25, 0.3) is 0 Å². The highest BCUT2D eigenvalue weighted by molar-refractivity contribution is 5.21. The molecule has 0 radical (unpaired) electrons. The summed E-state index contributed by atoms with van der Waals surface area (Å²) in [5.74, 6) is 0.925. The monoisotopic (exact) mass is 207 g/mol. The second-order valence-corrected chi connectivity index (χ2v) is 4.03. The molecule has 2 heteroatoms. The Morgan fingerprint density at radius 2 is 1.60 bits per heavy atom. The molecule has 0 fully saturated rings. The molecule has 15 heavy (non-hydrogen) atoms. The zero-order chi connectivity index (χ0) is 11.3. The van der Waals surface area contributed by atoms with Gasteiger partial charge in [0.05, 0.1) is 0 Å². The van der Waals surface area contributed by atoms with Gasteiger partial charge in [0, 0.05) is 0 Å². The van der Waals surface area contributed by atoms with E-state index < -0.39 is 0 Å². The summed E-state index contributed by atoms with van der Waals surface area (Å²) in [6, 6.07) is 9.97. The Morgan fingerprint density at radius 1 is 1.07 bits per heavy atom. The molecule has 1 rings (SSSR count). The Kier molecular flexibility index (Phi) is 4.15. The van der Waals surface area contributed by atoms with Gasteiger partial charge in [0.1, 0.15) is 5.75 Å². The lowest BCUT2D eigenvalue weighted by Crippen LogP contribution is -2.48. The molecule has 0 N–H and O–H groups in total. The number of hydrogen-bond donors (Lipinski definition) is 0. The first kappa shape index (κ1) is 12.1. The molecule has 0 aromatic heterocycles. The van der Waals surface area contributed by atoms with E-state index >= 15 is 0 Å². The van der Waals surface area contributed by atoms with Crippen LogP contribution >= 0.6 is 0 Å². The maximum atomic E-state index is 5.97. The number of ether oxygens (including phenoxy) is 1. The molecule has 1 aromatic rings. The maximum absolute atomic E-state index is 5.97. The topological polar surface area (TPSA) is 12.5 Å². The first-order valence-corrected chi connectivity index (χ1v) is 5.59. The Balaban J connectivity index is 2.71. The van der Waals surface area contributed by atoms with Gasteiger partial charge < -0.3 is 4.74 Å². The number of para-hydroxylation sites is 1. The van der Waals surface area contributed by atoms with E-state index in [0.29, 0.717) is 0 Å². The minimum atomic E-state index is -0.245. The van der Waals surface area contributed by atoms with Crippen molar-refractivity contribution < 1.29 is 4.74 Å². The van der Waals surface area contributed by atoms with Crippen LogP contribution in [0.1, 0.15) is 27.7 Å². The Labute approximate surface area is 92.9 Å². The van der Waals surface area contributed by atoms with Gasteiger partial charge in [-0.2, -0.15) is 0 Å². The van der Waals surface area contributed by atoms with E-state index in [9.17, 15) is 0 Å². The van der Waals surface area contributed by atoms with E-state index in [1.165, 1.54) is 0 Å². The first-order chi connectivity index (χ1) is 7.10. The van der Waals surface area contributed by atoms with Gasteiger partial charge in [0.2, 0.25) is 0 Å². The molecule has 0 amide bonds. The molecule has 0 aliphatic rings. The summed E-state index contributed by atoms with van der Waals surface area (Å²) in [4.78, 5) is 2.29. The van der Waals surface area contributed by atoms with Crippen molar-refractivity contribution in [3.8, 4) is 5.75 Å². The van der Waals surface area contributed by atoms with Crippen LogP contribution in [0.5, 0.6) is 5.75 Å². The van der Waals surface area contributed by atoms with Gasteiger partial charge in [-0.25, -0.2) is 0 Å². The van der Waals surface area contributed by atoms with Crippen LogP contribution < -0.4 is 4.74 Å². The molecular formula is C13H21NO. The number of nitrogens with zero attached hydrogens (tertiary/aromatic N) is 1. The first-order valence-electron chi connectivity index (χ1n) is 5.59. The average molecular weight is 207 g/mol. The molecule has 84 valence electrons. The lowest BCUT2D eigenvalue weighted by atomic mass is 10.2. The van der Waals surface area contributed by atoms with Crippen LogP contribution in [-0.2, 0) is 0 Å². The zero-order valence-corrected chi connectivity index (χ0v) is 10.2. The van der Waals surface area contributed by atoms with E-state index in [4.69, 9.17) is 4.74 Å². The number of hydrogen-bond acceptors (Lipinski definition) is 2. The molecule has 0 spiro atoms. The molecule has 0 aliphatic heterocycles. The van der Waals surface area contributed by atoms with Crippen molar-refractivity contribution in [2.75, 3.05) is 13.1 Å². The summed E-state index contributed by atoms with van der Waals surface area (Å²) in [6.07, 6.45) is 0. The molecule has 0 saturated carbocycles. The highest BCUT2D eigenvalue weighted by Gasteiger charge is 2.25. The molecule has 0 unspecified atom stereocenters. The Bertz CT molecular complexity index is 278. The molecule has 0 bridgehead atoms. The smallest absolute Gasteiger partial charge is 0.157 e. The van der Waals surface area contributed by atoms with Crippen LogP contribution in [0, 0.1) is 0 Å². The van der Waals surface area contributed by atoms with Crippen molar-refractivity contribution in [3.05, 3.63) is 30.3 Å². The molecular weight excluding hydrogens is 186 g/mol. The van der Waals surface area contributed by atoms with Crippen molar-refractivity contribution in [2.45, 2.75) is 33.4 Å². The van der Waals surface area contributed by atoms with Crippen molar-refractivity contribution in [2.24, 2.45) is 0 Å². The summed E-state index contributed by atoms with van der Waals surface area (Å²) in [5.41, 5.74) is -0.245. The number of rotatable bonds is 5. The lowest BCUT2D eigenvalue weighted by molar-refractivity contribution is -0.0497. The van der Waals surface area contributed by atoms with E-state index in [1.807, 2.05) is 30.3 Å². The van der Waals surface area contributed by atoms with Crippen LogP contribution in [0.3, 0.4) is 0 Å². The third kappa shape index (κ3) is 3.24.